The molecule has 0 bridgehead atoms. The van der Waals surface area contributed by atoms with E-state index in [1.165, 1.54) is 0 Å². The summed E-state index contributed by atoms with van der Waals surface area (Å²) in [4.78, 5) is 13.4. The van der Waals surface area contributed by atoms with Crippen molar-refractivity contribution in [2.24, 2.45) is 0 Å². The zero-order valence-corrected chi connectivity index (χ0v) is 11.0. The van der Waals surface area contributed by atoms with E-state index in [-0.39, 0.29) is 19.1 Å². The molecule has 0 rings (SSSR count). The molecule has 7 heteroatoms. The Hall–Kier alpha value is -0.820. The normalized spacial score (nSPS) is 13.4. The number of likely N-dealkylation sites (N-methyl/N-ethyl adjacent to an activating group) is 1. The molecule has 1 atom stereocenters. The first-order valence-electron chi connectivity index (χ1n) is 5.98. The number of alkyl halides is 3. The van der Waals surface area contributed by atoms with Crippen molar-refractivity contribution in [3.05, 3.63) is 0 Å². The highest BCUT2D eigenvalue weighted by Gasteiger charge is 2.27. The predicted octanol–water partition coefficient (Wildman–Crippen LogP) is 1.41. The zero-order chi connectivity index (χ0) is 14.2. The fraction of sp³-hybridized carbons (Fsp3) is 0.909. The van der Waals surface area contributed by atoms with Gasteiger partial charge in [0, 0.05) is 19.6 Å². The monoisotopic (exact) mass is 270 g/mol. The summed E-state index contributed by atoms with van der Waals surface area (Å²) in [5.74, 6) is -0.0594. The van der Waals surface area contributed by atoms with Crippen LogP contribution in [0.5, 0.6) is 0 Å². The van der Waals surface area contributed by atoms with Gasteiger partial charge in [-0.3, -0.25) is 4.79 Å². The minimum Gasteiger partial charge on any atom is -0.371 e. The number of nitrogens with zero attached hydrogens (tertiary/aromatic N) is 1. The Morgan fingerprint density at radius 1 is 1.33 bits per heavy atom. The highest BCUT2D eigenvalue weighted by molar-refractivity contribution is 5.81. The van der Waals surface area contributed by atoms with Crippen LogP contribution >= 0.6 is 0 Å². The Morgan fingerprint density at radius 2 is 1.89 bits per heavy atom. The maximum Gasteiger partial charge on any atom is 0.411 e. The van der Waals surface area contributed by atoms with Crippen LogP contribution in [0.15, 0.2) is 0 Å². The minimum atomic E-state index is -4.30. The van der Waals surface area contributed by atoms with Crippen LogP contribution in [0.1, 0.15) is 20.8 Å². The van der Waals surface area contributed by atoms with Crippen LogP contribution in [-0.4, -0.2) is 55.9 Å². The number of ether oxygens (including phenoxy) is 1. The van der Waals surface area contributed by atoms with E-state index in [0.29, 0.717) is 13.1 Å². The summed E-state index contributed by atoms with van der Waals surface area (Å²) in [6.45, 7) is 5.55. The van der Waals surface area contributed by atoms with Crippen LogP contribution in [0.4, 0.5) is 13.2 Å². The van der Waals surface area contributed by atoms with E-state index in [0.717, 1.165) is 0 Å². The Balaban J connectivity index is 3.77. The van der Waals surface area contributed by atoms with Crippen molar-refractivity contribution >= 4 is 5.91 Å². The van der Waals surface area contributed by atoms with Crippen LogP contribution in [0, 0.1) is 0 Å². The van der Waals surface area contributed by atoms with Gasteiger partial charge >= 0.3 is 6.18 Å². The third kappa shape index (κ3) is 7.50. The second kappa shape index (κ2) is 8.31. The van der Waals surface area contributed by atoms with Gasteiger partial charge in [0.05, 0.1) is 12.6 Å². The summed E-state index contributed by atoms with van der Waals surface area (Å²) in [6.07, 6.45) is -4.30. The maximum atomic E-state index is 11.8. The molecule has 0 aliphatic carbocycles. The second-order valence-electron chi connectivity index (χ2n) is 3.85. The van der Waals surface area contributed by atoms with Gasteiger partial charge in [-0.1, -0.05) is 0 Å². The molecular formula is C11H21F3N2O2. The molecule has 0 heterocycles. The van der Waals surface area contributed by atoms with Crippen LogP contribution in [0.2, 0.25) is 0 Å². The second-order valence-corrected chi connectivity index (χ2v) is 3.85. The summed E-state index contributed by atoms with van der Waals surface area (Å²) >= 11 is 0. The minimum absolute atomic E-state index is 0.0594. The van der Waals surface area contributed by atoms with Gasteiger partial charge in [-0.15, -0.1) is 0 Å². The number of hydrogen-bond donors (Lipinski definition) is 1. The van der Waals surface area contributed by atoms with Gasteiger partial charge in [-0.05, 0) is 20.8 Å². The number of hydrogen-bond acceptors (Lipinski definition) is 3. The lowest BCUT2D eigenvalue weighted by atomic mass is 10.3. The average molecular weight is 270 g/mol. The summed E-state index contributed by atoms with van der Waals surface area (Å²) in [5, 5.41) is 2.83. The van der Waals surface area contributed by atoms with Crippen molar-refractivity contribution in [2.75, 3.05) is 32.8 Å². The van der Waals surface area contributed by atoms with Crippen molar-refractivity contribution in [1.29, 1.82) is 0 Å². The van der Waals surface area contributed by atoms with Crippen molar-refractivity contribution in [2.45, 2.75) is 33.0 Å². The van der Waals surface area contributed by atoms with Gasteiger partial charge in [0.15, 0.2) is 0 Å². The molecular weight excluding hydrogens is 249 g/mol. The van der Waals surface area contributed by atoms with Gasteiger partial charge in [0.1, 0.15) is 6.61 Å². The van der Waals surface area contributed by atoms with Crippen LogP contribution < -0.4 is 5.32 Å². The Labute approximate surface area is 105 Å². The number of halogens is 3. The summed E-state index contributed by atoms with van der Waals surface area (Å²) in [6, 6.07) is -0.417. The van der Waals surface area contributed by atoms with Gasteiger partial charge in [-0.25, -0.2) is 0 Å². The number of carbonyl (C=O) groups excluding carboxylic acids is 1. The van der Waals surface area contributed by atoms with Crippen LogP contribution in [0.25, 0.3) is 0 Å². The first kappa shape index (κ1) is 17.2. The van der Waals surface area contributed by atoms with E-state index in [9.17, 15) is 18.0 Å². The van der Waals surface area contributed by atoms with E-state index >= 15 is 0 Å². The lowest BCUT2D eigenvalue weighted by Gasteiger charge is -2.23. The number of nitrogens with one attached hydrogen (secondary N) is 1. The van der Waals surface area contributed by atoms with Crippen molar-refractivity contribution in [1.82, 2.24) is 10.2 Å². The quantitative estimate of drug-likeness (QED) is 0.678. The molecule has 0 saturated carbocycles. The Bertz CT molecular complexity index is 243. The smallest absolute Gasteiger partial charge is 0.371 e. The lowest BCUT2D eigenvalue weighted by Crippen LogP contribution is -2.45. The third-order valence-corrected chi connectivity index (χ3v) is 2.41. The molecule has 1 unspecified atom stereocenters. The molecule has 0 aliphatic rings. The van der Waals surface area contributed by atoms with Gasteiger partial charge < -0.3 is 15.0 Å². The molecule has 1 amide bonds. The van der Waals surface area contributed by atoms with Crippen molar-refractivity contribution in [3.63, 3.8) is 0 Å². The molecule has 0 aromatic rings. The fourth-order valence-electron chi connectivity index (χ4n) is 1.43. The molecule has 0 spiro atoms. The molecule has 1 N–H and O–H groups in total. The lowest BCUT2D eigenvalue weighted by molar-refractivity contribution is -0.173. The fourth-order valence-corrected chi connectivity index (χ4v) is 1.43. The van der Waals surface area contributed by atoms with Gasteiger partial charge in [-0.2, -0.15) is 13.2 Å². The molecule has 18 heavy (non-hydrogen) atoms. The molecule has 108 valence electrons. The van der Waals surface area contributed by atoms with Crippen LogP contribution in [0.3, 0.4) is 0 Å². The van der Waals surface area contributed by atoms with E-state index in [4.69, 9.17) is 0 Å². The summed E-state index contributed by atoms with van der Waals surface area (Å²) in [5.41, 5.74) is 0. The standard InChI is InChI=1S/C11H21F3N2O2/c1-4-16(5-2)10(17)9(3)15-6-7-18-8-11(12,13)14/h9,15H,4-8H2,1-3H3. The summed E-state index contributed by atoms with van der Waals surface area (Å²) in [7, 11) is 0. The molecule has 0 aromatic heterocycles. The maximum absolute atomic E-state index is 11.8. The predicted molar refractivity (Wildman–Crippen MR) is 62.3 cm³/mol. The molecule has 0 fully saturated rings. The number of rotatable bonds is 8. The van der Waals surface area contributed by atoms with E-state index < -0.39 is 18.8 Å². The first-order valence-corrected chi connectivity index (χ1v) is 5.98. The molecule has 0 aromatic carbocycles. The average Bonchev–Trinajstić information content (AvgIpc) is 2.28. The van der Waals surface area contributed by atoms with Crippen LogP contribution in [-0.2, 0) is 9.53 Å². The topological polar surface area (TPSA) is 41.6 Å². The highest BCUT2D eigenvalue weighted by Crippen LogP contribution is 2.13. The number of amides is 1. The van der Waals surface area contributed by atoms with Crippen molar-refractivity contribution < 1.29 is 22.7 Å². The van der Waals surface area contributed by atoms with E-state index in [1.807, 2.05) is 13.8 Å². The molecule has 0 aliphatic heterocycles. The molecule has 0 radical (unpaired) electrons. The largest absolute Gasteiger partial charge is 0.411 e. The molecule has 0 saturated heterocycles. The summed E-state index contributed by atoms with van der Waals surface area (Å²) < 4.78 is 39.7. The molecule has 4 nitrogen and oxygen atoms in total. The SMILES string of the molecule is CCN(CC)C(=O)C(C)NCCOCC(F)(F)F. The Morgan fingerprint density at radius 3 is 2.33 bits per heavy atom. The number of carbonyl (C=O) groups is 1. The van der Waals surface area contributed by atoms with Gasteiger partial charge in [0.25, 0.3) is 0 Å². The first-order chi connectivity index (χ1) is 8.31. The van der Waals surface area contributed by atoms with Gasteiger partial charge in [0.2, 0.25) is 5.91 Å². The third-order valence-electron chi connectivity index (χ3n) is 2.41. The highest BCUT2D eigenvalue weighted by atomic mass is 19.4. The van der Waals surface area contributed by atoms with Crippen molar-refractivity contribution in [3.8, 4) is 0 Å². The Kier molecular flexibility index (Phi) is 7.93. The van der Waals surface area contributed by atoms with E-state index in [2.05, 4.69) is 10.1 Å². The van der Waals surface area contributed by atoms with E-state index in [1.54, 1.807) is 11.8 Å². The zero-order valence-electron chi connectivity index (χ0n) is 11.0.